The first-order chi connectivity index (χ1) is 5.87. The fourth-order valence-electron chi connectivity index (χ4n) is 2.77. The maximum atomic E-state index is 10.9. The average Bonchev–Trinajstić information content (AvgIpc) is 2.32. The van der Waals surface area contributed by atoms with E-state index in [1.807, 2.05) is 0 Å². The number of amides is 1. The van der Waals surface area contributed by atoms with Crippen LogP contribution in [0.15, 0.2) is 0 Å². The molecule has 13 heavy (non-hydrogen) atoms. The van der Waals surface area contributed by atoms with Gasteiger partial charge in [-0.1, -0.05) is 27.7 Å². The fraction of sp³-hybridized carbons (Fsp3) is 0.900. The van der Waals surface area contributed by atoms with Crippen LogP contribution in [0.3, 0.4) is 0 Å². The molecule has 0 bridgehead atoms. The molecule has 0 aromatic carbocycles. The lowest BCUT2D eigenvalue weighted by atomic mass is 10.0. The molecule has 1 unspecified atom stereocenters. The van der Waals surface area contributed by atoms with Crippen molar-refractivity contribution in [1.82, 2.24) is 5.32 Å². The van der Waals surface area contributed by atoms with E-state index in [0.717, 1.165) is 0 Å². The third-order valence-electron chi connectivity index (χ3n) is 4.21. The molecule has 3 nitrogen and oxygen atoms in total. The summed E-state index contributed by atoms with van der Waals surface area (Å²) in [5.74, 6) is 0.499. The van der Waals surface area contributed by atoms with E-state index in [1.165, 1.54) is 0 Å². The number of carbonyl (C=O) groups is 1. The Bertz CT molecular complexity index is 244. The molecule has 3 heteroatoms. The quantitative estimate of drug-likeness (QED) is 0.673. The van der Waals surface area contributed by atoms with E-state index in [0.29, 0.717) is 23.3 Å². The van der Waals surface area contributed by atoms with E-state index >= 15 is 0 Å². The molecule has 0 radical (unpaired) electrons. The smallest absolute Gasteiger partial charge is 0.407 e. The van der Waals surface area contributed by atoms with Crippen LogP contribution in [0.2, 0.25) is 0 Å². The molecule has 2 aliphatic rings. The Kier molecular flexibility index (Phi) is 1.49. The number of carbonyl (C=O) groups excluding carboxylic acids is 1. The third kappa shape index (κ3) is 0.990. The Morgan fingerprint density at radius 1 is 1.31 bits per heavy atom. The second-order valence-electron chi connectivity index (χ2n) is 5.25. The lowest BCUT2D eigenvalue weighted by Crippen LogP contribution is -2.19. The SMILES string of the molecule is CC1(C)C(C2CNC(=O)O2)C1(C)C. The summed E-state index contributed by atoms with van der Waals surface area (Å²) >= 11 is 0. The number of hydrogen-bond donors (Lipinski definition) is 1. The van der Waals surface area contributed by atoms with Gasteiger partial charge in [0.2, 0.25) is 0 Å². The van der Waals surface area contributed by atoms with Gasteiger partial charge in [-0.25, -0.2) is 4.79 Å². The van der Waals surface area contributed by atoms with E-state index in [4.69, 9.17) is 4.74 Å². The molecule has 74 valence electrons. The number of rotatable bonds is 1. The van der Waals surface area contributed by atoms with Crippen molar-refractivity contribution >= 4 is 6.09 Å². The summed E-state index contributed by atoms with van der Waals surface area (Å²) in [7, 11) is 0. The van der Waals surface area contributed by atoms with E-state index in [1.54, 1.807) is 0 Å². The second kappa shape index (κ2) is 2.20. The minimum Gasteiger partial charge on any atom is -0.444 e. The summed E-state index contributed by atoms with van der Waals surface area (Å²) in [5, 5.41) is 2.71. The average molecular weight is 183 g/mol. The van der Waals surface area contributed by atoms with Crippen molar-refractivity contribution in [3.63, 3.8) is 0 Å². The predicted molar refractivity (Wildman–Crippen MR) is 49.3 cm³/mol. The molecule has 0 aromatic rings. The summed E-state index contributed by atoms with van der Waals surface area (Å²) in [5.41, 5.74) is 0.591. The molecule has 1 saturated carbocycles. The normalized spacial score (nSPS) is 35.4. The monoisotopic (exact) mass is 183 g/mol. The molecule has 1 aliphatic heterocycles. The van der Waals surface area contributed by atoms with Gasteiger partial charge < -0.3 is 10.1 Å². The van der Waals surface area contributed by atoms with E-state index in [2.05, 4.69) is 33.0 Å². The Labute approximate surface area is 78.8 Å². The highest BCUT2D eigenvalue weighted by molar-refractivity contribution is 5.69. The van der Waals surface area contributed by atoms with Crippen molar-refractivity contribution in [2.75, 3.05) is 6.54 Å². The van der Waals surface area contributed by atoms with Gasteiger partial charge in [-0.2, -0.15) is 0 Å². The standard InChI is InChI=1S/C10H17NO2/c1-9(2)7(10(9,3)4)6-5-11-8(12)13-6/h6-7H,5H2,1-4H3,(H,11,12). The summed E-state index contributed by atoms with van der Waals surface area (Å²) in [6, 6.07) is 0. The Balaban J connectivity index is 2.09. The molecule has 1 amide bonds. The highest BCUT2D eigenvalue weighted by Crippen LogP contribution is 2.70. The molecule has 1 N–H and O–H groups in total. The maximum Gasteiger partial charge on any atom is 0.407 e. The summed E-state index contributed by atoms with van der Waals surface area (Å²) < 4.78 is 5.21. The second-order valence-corrected chi connectivity index (χ2v) is 5.25. The van der Waals surface area contributed by atoms with Crippen LogP contribution in [-0.2, 0) is 4.74 Å². The van der Waals surface area contributed by atoms with Crippen LogP contribution in [0.4, 0.5) is 4.79 Å². The zero-order valence-corrected chi connectivity index (χ0v) is 8.68. The van der Waals surface area contributed by atoms with Crippen molar-refractivity contribution in [2.24, 2.45) is 16.7 Å². The Hall–Kier alpha value is -0.730. The van der Waals surface area contributed by atoms with Crippen LogP contribution in [0.1, 0.15) is 27.7 Å². The molecule has 1 heterocycles. The zero-order valence-electron chi connectivity index (χ0n) is 8.68. The van der Waals surface area contributed by atoms with Crippen LogP contribution < -0.4 is 5.32 Å². The molecule has 0 spiro atoms. The molecular weight excluding hydrogens is 166 g/mol. The minimum atomic E-state index is -0.261. The third-order valence-corrected chi connectivity index (χ3v) is 4.21. The zero-order chi connectivity index (χ0) is 9.85. The van der Waals surface area contributed by atoms with E-state index < -0.39 is 0 Å². The predicted octanol–water partition coefficient (Wildman–Crippen LogP) is 1.78. The number of hydrogen-bond acceptors (Lipinski definition) is 2. The summed E-state index contributed by atoms with van der Waals surface area (Å²) in [6.45, 7) is 9.64. The van der Waals surface area contributed by atoms with E-state index in [9.17, 15) is 4.79 Å². The van der Waals surface area contributed by atoms with Crippen molar-refractivity contribution in [1.29, 1.82) is 0 Å². The Morgan fingerprint density at radius 2 is 1.85 bits per heavy atom. The van der Waals surface area contributed by atoms with Gasteiger partial charge in [-0.15, -0.1) is 0 Å². The summed E-state index contributed by atoms with van der Waals surface area (Å²) in [4.78, 5) is 10.9. The molecule has 1 atom stereocenters. The van der Waals surface area contributed by atoms with Crippen LogP contribution in [0, 0.1) is 16.7 Å². The Morgan fingerprint density at radius 3 is 2.15 bits per heavy atom. The van der Waals surface area contributed by atoms with Gasteiger partial charge in [0.05, 0.1) is 6.54 Å². The van der Waals surface area contributed by atoms with Gasteiger partial charge >= 0.3 is 6.09 Å². The van der Waals surface area contributed by atoms with E-state index in [-0.39, 0.29) is 12.2 Å². The van der Waals surface area contributed by atoms with Crippen LogP contribution in [0.5, 0.6) is 0 Å². The lowest BCUT2D eigenvalue weighted by Gasteiger charge is -2.08. The molecule has 2 fully saturated rings. The van der Waals surface area contributed by atoms with Gasteiger partial charge in [-0.3, -0.25) is 0 Å². The first-order valence-corrected chi connectivity index (χ1v) is 4.82. The van der Waals surface area contributed by atoms with Crippen molar-refractivity contribution in [3.05, 3.63) is 0 Å². The van der Waals surface area contributed by atoms with Gasteiger partial charge in [0.1, 0.15) is 6.10 Å². The molecular formula is C10H17NO2. The van der Waals surface area contributed by atoms with Gasteiger partial charge in [0.25, 0.3) is 0 Å². The number of ether oxygens (including phenoxy) is 1. The highest BCUT2D eigenvalue weighted by Gasteiger charge is 2.68. The number of cyclic esters (lactones) is 1. The molecule has 1 aliphatic carbocycles. The van der Waals surface area contributed by atoms with Gasteiger partial charge in [-0.05, 0) is 10.8 Å². The fourth-order valence-corrected chi connectivity index (χ4v) is 2.77. The maximum absolute atomic E-state index is 10.9. The number of nitrogens with one attached hydrogen (secondary N) is 1. The minimum absolute atomic E-state index is 0.0810. The molecule has 2 rings (SSSR count). The first kappa shape index (κ1) is 8.85. The first-order valence-electron chi connectivity index (χ1n) is 4.82. The molecule has 1 saturated heterocycles. The summed E-state index contributed by atoms with van der Waals surface area (Å²) in [6.07, 6.45) is -0.180. The lowest BCUT2D eigenvalue weighted by molar-refractivity contribution is 0.118. The van der Waals surface area contributed by atoms with Crippen LogP contribution in [-0.4, -0.2) is 18.7 Å². The largest absolute Gasteiger partial charge is 0.444 e. The van der Waals surface area contributed by atoms with Crippen molar-refractivity contribution < 1.29 is 9.53 Å². The van der Waals surface area contributed by atoms with Crippen LogP contribution >= 0.6 is 0 Å². The molecule has 0 aromatic heterocycles. The number of alkyl carbamates (subject to hydrolysis) is 1. The van der Waals surface area contributed by atoms with Crippen molar-refractivity contribution in [3.8, 4) is 0 Å². The van der Waals surface area contributed by atoms with Crippen molar-refractivity contribution in [2.45, 2.75) is 33.8 Å². The highest BCUT2D eigenvalue weighted by atomic mass is 16.6. The van der Waals surface area contributed by atoms with Gasteiger partial charge in [0, 0.05) is 5.92 Å². The van der Waals surface area contributed by atoms with Gasteiger partial charge in [0.15, 0.2) is 0 Å². The van der Waals surface area contributed by atoms with Crippen LogP contribution in [0.25, 0.3) is 0 Å². The topological polar surface area (TPSA) is 38.3 Å².